The van der Waals surface area contributed by atoms with E-state index >= 15 is 0 Å². The molecule has 0 amide bonds. The van der Waals surface area contributed by atoms with Crippen molar-refractivity contribution in [2.75, 3.05) is 56.2 Å². The fraction of sp³-hybridized carbons (Fsp3) is 0.429. The van der Waals surface area contributed by atoms with Gasteiger partial charge in [-0.25, -0.2) is 23.4 Å². The van der Waals surface area contributed by atoms with E-state index in [0.717, 1.165) is 79.7 Å². The van der Waals surface area contributed by atoms with E-state index in [9.17, 15) is 13.5 Å². The van der Waals surface area contributed by atoms with Gasteiger partial charge in [0.05, 0.1) is 47.7 Å². The van der Waals surface area contributed by atoms with E-state index in [0.29, 0.717) is 35.9 Å². The second-order valence-electron chi connectivity index (χ2n) is 13.1. The van der Waals surface area contributed by atoms with Gasteiger partial charge in [-0.1, -0.05) is 30.9 Å². The van der Waals surface area contributed by atoms with Crippen LogP contribution in [0.15, 0.2) is 61.2 Å². The number of morpholine rings is 1. The van der Waals surface area contributed by atoms with Gasteiger partial charge in [0.25, 0.3) is 10.0 Å². The lowest BCUT2D eigenvalue weighted by Gasteiger charge is -2.39. The van der Waals surface area contributed by atoms with Crippen LogP contribution in [0, 0.1) is 17.3 Å². The highest BCUT2D eigenvalue weighted by Crippen LogP contribution is 2.35. The van der Waals surface area contributed by atoms with Crippen LogP contribution in [0.25, 0.3) is 11.4 Å². The minimum absolute atomic E-state index is 0.0947. The van der Waals surface area contributed by atoms with E-state index in [4.69, 9.17) is 4.74 Å². The topological polar surface area (TPSA) is 139 Å². The number of piperidine rings is 1. The van der Waals surface area contributed by atoms with Crippen molar-refractivity contribution in [2.24, 2.45) is 5.41 Å². The SMILES string of the molecule is CC1(CO)CCN(c2cc(Nc3ccnc(-c4cnn(S(=O)(=O)C5CC5)c4)n3)ncc2C#Cc2ccc(CN3CCOCC3)cc2)CC1. The first-order valence-electron chi connectivity index (χ1n) is 16.4. The van der Waals surface area contributed by atoms with Crippen molar-refractivity contribution in [3.05, 3.63) is 77.9 Å². The molecule has 2 saturated heterocycles. The van der Waals surface area contributed by atoms with Crippen molar-refractivity contribution < 1.29 is 18.3 Å². The summed E-state index contributed by atoms with van der Waals surface area (Å²) in [7, 11) is -3.48. The summed E-state index contributed by atoms with van der Waals surface area (Å²) in [6.45, 7) is 8.25. The third kappa shape index (κ3) is 7.37. The van der Waals surface area contributed by atoms with Crippen molar-refractivity contribution in [2.45, 2.75) is 44.4 Å². The normalized spacial score (nSPS) is 18.2. The minimum Gasteiger partial charge on any atom is -0.396 e. The molecular weight excluding hydrogens is 629 g/mol. The number of pyridine rings is 1. The summed E-state index contributed by atoms with van der Waals surface area (Å²) >= 11 is 0. The Labute approximate surface area is 281 Å². The third-order valence-electron chi connectivity index (χ3n) is 9.32. The molecule has 4 aromatic rings. The molecule has 5 heterocycles. The van der Waals surface area contributed by atoms with Gasteiger partial charge >= 0.3 is 0 Å². The lowest BCUT2D eigenvalue weighted by molar-refractivity contribution is 0.0342. The maximum atomic E-state index is 12.6. The number of hydrogen-bond acceptors (Lipinski definition) is 11. The van der Waals surface area contributed by atoms with Crippen molar-refractivity contribution in [3.8, 4) is 23.2 Å². The van der Waals surface area contributed by atoms with Crippen LogP contribution in [0.4, 0.5) is 17.3 Å². The van der Waals surface area contributed by atoms with E-state index in [2.05, 4.69) is 78.2 Å². The maximum absolute atomic E-state index is 12.6. The van der Waals surface area contributed by atoms with Crippen molar-refractivity contribution >= 4 is 27.3 Å². The molecule has 1 saturated carbocycles. The monoisotopic (exact) mass is 668 g/mol. The fourth-order valence-electron chi connectivity index (χ4n) is 5.94. The number of rotatable bonds is 9. The highest BCUT2D eigenvalue weighted by molar-refractivity contribution is 7.90. The van der Waals surface area contributed by atoms with Crippen LogP contribution in [0.2, 0.25) is 0 Å². The van der Waals surface area contributed by atoms with E-state index < -0.39 is 10.0 Å². The molecule has 12 nitrogen and oxygen atoms in total. The summed E-state index contributed by atoms with van der Waals surface area (Å²) in [6, 6.07) is 12.1. The van der Waals surface area contributed by atoms with Crippen LogP contribution in [-0.4, -0.2) is 93.8 Å². The summed E-state index contributed by atoms with van der Waals surface area (Å²) in [5, 5.41) is 16.9. The fourth-order valence-corrected chi connectivity index (χ4v) is 7.42. The Balaban J connectivity index is 1.11. The van der Waals surface area contributed by atoms with E-state index in [-0.39, 0.29) is 17.3 Å². The number of aliphatic hydroxyl groups excluding tert-OH is 1. The zero-order chi connectivity index (χ0) is 33.1. The van der Waals surface area contributed by atoms with E-state index in [1.807, 2.05) is 6.07 Å². The number of hydrogen-bond donors (Lipinski definition) is 2. The van der Waals surface area contributed by atoms with E-state index in [1.54, 1.807) is 18.5 Å². The average Bonchev–Trinajstić information content (AvgIpc) is 3.86. The standard InChI is InChI=1S/C35H40N8O4S/c1-35(25-44)11-14-42(15-12-35)31-20-33(37-21-28(31)7-6-26-2-4-27(5-3-26)23-41-16-18-47-19-17-41)39-32-10-13-36-34(40-32)29-22-38-43(24-29)48(45,46)30-8-9-30/h2-5,10,13,20-22,24,30,44H,8-9,11-12,14-19,23,25H2,1H3,(H,36,37,39,40). The molecule has 0 bridgehead atoms. The molecule has 3 aromatic heterocycles. The highest BCUT2D eigenvalue weighted by atomic mass is 32.2. The molecule has 3 aliphatic rings. The Morgan fingerprint density at radius 1 is 1.00 bits per heavy atom. The summed E-state index contributed by atoms with van der Waals surface area (Å²) in [5.74, 6) is 8.17. The number of aliphatic hydroxyl groups is 1. The molecule has 48 heavy (non-hydrogen) atoms. The first-order valence-corrected chi connectivity index (χ1v) is 17.9. The molecule has 0 radical (unpaired) electrons. The Kier molecular flexibility index (Phi) is 9.15. The van der Waals surface area contributed by atoms with Gasteiger partial charge in [-0.05, 0) is 54.9 Å². The van der Waals surface area contributed by atoms with Gasteiger partial charge in [0.15, 0.2) is 5.82 Å². The quantitative estimate of drug-likeness (QED) is 0.253. The molecule has 0 spiro atoms. The summed E-state index contributed by atoms with van der Waals surface area (Å²) in [5.41, 5.74) is 4.38. The van der Waals surface area contributed by atoms with Crippen LogP contribution in [0.1, 0.15) is 49.3 Å². The van der Waals surface area contributed by atoms with Crippen molar-refractivity contribution in [3.63, 3.8) is 0 Å². The first kappa shape index (κ1) is 32.2. The summed E-state index contributed by atoms with van der Waals surface area (Å²) < 4.78 is 31.7. The lowest BCUT2D eigenvalue weighted by Crippen LogP contribution is -2.40. The van der Waals surface area contributed by atoms with Gasteiger partial charge in [0.2, 0.25) is 0 Å². The molecule has 2 N–H and O–H groups in total. The number of nitrogens with zero attached hydrogens (tertiary/aromatic N) is 7. The van der Waals surface area contributed by atoms with Crippen LogP contribution in [-0.2, 0) is 21.3 Å². The third-order valence-corrected chi connectivity index (χ3v) is 11.4. The largest absolute Gasteiger partial charge is 0.396 e. The van der Waals surface area contributed by atoms with Crippen LogP contribution >= 0.6 is 0 Å². The second-order valence-corrected chi connectivity index (χ2v) is 15.2. The predicted molar refractivity (Wildman–Crippen MR) is 183 cm³/mol. The van der Waals surface area contributed by atoms with Crippen molar-refractivity contribution in [1.29, 1.82) is 0 Å². The number of anilines is 3. The molecule has 0 unspecified atom stereocenters. The van der Waals surface area contributed by atoms with Crippen LogP contribution < -0.4 is 10.2 Å². The van der Waals surface area contributed by atoms with Gasteiger partial charge in [-0.3, -0.25) is 4.90 Å². The molecule has 1 aliphatic carbocycles. The first-order chi connectivity index (χ1) is 23.3. The molecular formula is C35H40N8O4S. The van der Waals surface area contributed by atoms with Gasteiger partial charge in [-0.15, -0.1) is 0 Å². The number of nitrogens with one attached hydrogen (secondary N) is 1. The molecule has 7 rings (SSSR count). The van der Waals surface area contributed by atoms with Crippen molar-refractivity contribution in [1.82, 2.24) is 29.0 Å². The molecule has 1 aromatic carbocycles. The zero-order valence-corrected chi connectivity index (χ0v) is 27.9. The molecule has 3 fully saturated rings. The smallest absolute Gasteiger partial charge is 0.256 e. The Bertz CT molecular complexity index is 1920. The molecule has 0 atom stereocenters. The van der Waals surface area contributed by atoms with Gasteiger partial charge in [0, 0.05) is 63.4 Å². The molecule has 2 aliphatic heterocycles. The Morgan fingerprint density at radius 3 is 2.50 bits per heavy atom. The summed E-state index contributed by atoms with van der Waals surface area (Å²) in [6.07, 6.45) is 9.39. The molecule has 250 valence electrons. The number of ether oxygens (including phenoxy) is 1. The number of aromatic nitrogens is 5. The van der Waals surface area contributed by atoms with Gasteiger partial charge in [-0.2, -0.15) is 9.19 Å². The minimum atomic E-state index is -3.48. The Morgan fingerprint density at radius 2 is 1.77 bits per heavy atom. The van der Waals surface area contributed by atoms with E-state index in [1.165, 1.54) is 18.0 Å². The highest BCUT2D eigenvalue weighted by Gasteiger charge is 2.37. The Hall–Kier alpha value is -4.35. The van der Waals surface area contributed by atoms with Gasteiger partial charge in [0.1, 0.15) is 11.6 Å². The number of benzene rings is 1. The predicted octanol–water partition coefficient (Wildman–Crippen LogP) is 3.65. The maximum Gasteiger partial charge on any atom is 0.256 e. The average molecular weight is 669 g/mol. The lowest BCUT2D eigenvalue weighted by atomic mass is 9.81. The second kappa shape index (κ2) is 13.6. The van der Waals surface area contributed by atoms with Crippen LogP contribution in [0.5, 0.6) is 0 Å². The van der Waals surface area contributed by atoms with Gasteiger partial charge < -0.3 is 20.1 Å². The molecule has 13 heteroatoms. The summed E-state index contributed by atoms with van der Waals surface area (Å²) in [4.78, 5) is 18.4. The zero-order valence-electron chi connectivity index (χ0n) is 27.0. The van der Waals surface area contributed by atoms with Crippen LogP contribution in [0.3, 0.4) is 0 Å².